The zero-order chi connectivity index (χ0) is 18.5. The topological polar surface area (TPSA) is 70.8 Å². The fourth-order valence-corrected chi connectivity index (χ4v) is 3.04. The van der Waals surface area contributed by atoms with Crippen molar-refractivity contribution in [3.8, 4) is 5.75 Å². The molecule has 0 atom stereocenters. The van der Waals surface area contributed by atoms with Crippen LogP contribution in [0.4, 0.5) is 11.4 Å². The molecule has 2 aromatic carbocycles. The second-order valence-electron chi connectivity index (χ2n) is 6.69. The summed E-state index contributed by atoms with van der Waals surface area (Å²) in [6.07, 6.45) is 0. The largest absolute Gasteiger partial charge is 0.495 e. The lowest BCUT2D eigenvalue weighted by Gasteiger charge is -2.32. The van der Waals surface area contributed by atoms with Crippen LogP contribution in [0.5, 0.6) is 5.75 Å². The number of rotatable bonds is 5. The van der Waals surface area contributed by atoms with Gasteiger partial charge in [0.2, 0.25) is 0 Å². The van der Waals surface area contributed by atoms with Crippen molar-refractivity contribution in [1.29, 1.82) is 0 Å². The highest BCUT2D eigenvalue weighted by molar-refractivity contribution is 6.04. The number of amides is 1. The van der Waals surface area contributed by atoms with Gasteiger partial charge in [-0.25, -0.2) is 0 Å². The zero-order valence-corrected chi connectivity index (χ0v) is 17.8. The van der Waals surface area contributed by atoms with Crippen LogP contribution in [0, 0.1) is 0 Å². The third-order valence-electron chi connectivity index (χ3n) is 4.71. The molecule has 6 nitrogen and oxygen atoms in total. The number of methoxy groups -OCH3 is 1. The smallest absolute Gasteiger partial charge is 0.255 e. The van der Waals surface area contributed by atoms with Gasteiger partial charge in [0.05, 0.1) is 12.8 Å². The van der Waals surface area contributed by atoms with E-state index >= 15 is 0 Å². The number of nitrogens with two attached hydrogens (primary N) is 1. The SMILES string of the molecule is COc1ccc(NC(=O)c2ccc(CN3CCN(C)CC3)cc2)cc1N.Cl.Cl. The summed E-state index contributed by atoms with van der Waals surface area (Å²) in [6, 6.07) is 13.0. The maximum Gasteiger partial charge on any atom is 0.255 e. The number of hydrogen-bond acceptors (Lipinski definition) is 5. The molecule has 1 fully saturated rings. The van der Waals surface area contributed by atoms with Crippen LogP contribution in [0.25, 0.3) is 0 Å². The minimum atomic E-state index is -0.152. The average molecular weight is 427 g/mol. The highest BCUT2D eigenvalue weighted by Gasteiger charge is 2.14. The van der Waals surface area contributed by atoms with Crippen molar-refractivity contribution in [1.82, 2.24) is 9.80 Å². The molecule has 154 valence electrons. The fourth-order valence-electron chi connectivity index (χ4n) is 3.04. The molecule has 0 saturated carbocycles. The van der Waals surface area contributed by atoms with Gasteiger partial charge in [0.15, 0.2) is 0 Å². The number of piperazine rings is 1. The summed E-state index contributed by atoms with van der Waals surface area (Å²) in [5.41, 5.74) is 8.87. The quantitative estimate of drug-likeness (QED) is 0.718. The number of nitrogens with zero attached hydrogens (tertiary/aromatic N) is 2. The first-order valence-corrected chi connectivity index (χ1v) is 8.80. The summed E-state index contributed by atoms with van der Waals surface area (Å²) in [7, 11) is 3.72. The molecule has 0 aliphatic carbocycles. The van der Waals surface area contributed by atoms with Gasteiger partial charge in [0, 0.05) is 44.0 Å². The normalized spacial score (nSPS) is 14.5. The Morgan fingerprint density at radius 3 is 2.29 bits per heavy atom. The summed E-state index contributed by atoms with van der Waals surface area (Å²) in [5, 5.41) is 2.87. The molecule has 0 bridgehead atoms. The monoisotopic (exact) mass is 426 g/mol. The first-order valence-electron chi connectivity index (χ1n) is 8.80. The van der Waals surface area contributed by atoms with Gasteiger partial charge in [-0.2, -0.15) is 0 Å². The van der Waals surface area contributed by atoms with Crippen LogP contribution in [0.15, 0.2) is 42.5 Å². The number of nitrogen functional groups attached to an aromatic ring is 1. The Bertz CT molecular complexity index is 763. The number of anilines is 2. The second-order valence-corrected chi connectivity index (χ2v) is 6.69. The lowest BCUT2D eigenvalue weighted by atomic mass is 10.1. The van der Waals surface area contributed by atoms with E-state index in [0.717, 1.165) is 32.7 Å². The Kier molecular flexibility index (Phi) is 9.55. The molecule has 2 aromatic rings. The van der Waals surface area contributed by atoms with E-state index in [0.29, 0.717) is 22.7 Å². The molecule has 0 aromatic heterocycles. The van der Waals surface area contributed by atoms with Crippen LogP contribution in [0.1, 0.15) is 15.9 Å². The van der Waals surface area contributed by atoms with Gasteiger partial charge in [-0.3, -0.25) is 9.69 Å². The highest BCUT2D eigenvalue weighted by atomic mass is 35.5. The van der Waals surface area contributed by atoms with Crippen molar-refractivity contribution in [2.45, 2.75) is 6.54 Å². The third kappa shape index (κ3) is 6.27. The Balaban J connectivity index is 0.00000196. The first-order chi connectivity index (χ1) is 12.5. The Hall–Kier alpha value is -1.99. The number of carbonyl (C=O) groups is 1. The molecule has 3 N–H and O–H groups in total. The summed E-state index contributed by atoms with van der Waals surface area (Å²) in [4.78, 5) is 17.2. The molecule has 1 amide bonds. The molecule has 8 heteroatoms. The van der Waals surface area contributed by atoms with E-state index in [1.54, 1.807) is 25.3 Å². The lowest BCUT2D eigenvalue weighted by Crippen LogP contribution is -2.43. The standard InChI is InChI=1S/C20H26N4O2.2ClH/c1-23-9-11-24(12-10-23)14-15-3-5-16(6-4-15)20(25)22-17-7-8-19(26-2)18(21)13-17;;/h3-8,13H,9-12,14,21H2,1-2H3,(H,22,25);2*1H. The van der Waals surface area contributed by atoms with Crippen molar-refractivity contribution in [2.24, 2.45) is 0 Å². The maximum atomic E-state index is 12.4. The molecule has 1 aliphatic rings. The van der Waals surface area contributed by atoms with Gasteiger partial charge in [0.1, 0.15) is 5.75 Å². The minimum absolute atomic E-state index is 0. The summed E-state index contributed by atoms with van der Waals surface area (Å²) >= 11 is 0. The Labute approximate surface area is 178 Å². The van der Waals surface area contributed by atoms with E-state index in [4.69, 9.17) is 10.5 Å². The Morgan fingerprint density at radius 1 is 1.07 bits per heavy atom. The van der Waals surface area contributed by atoms with Crippen LogP contribution in [0.3, 0.4) is 0 Å². The lowest BCUT2D eigenvalue weighted by molar-refractivity contribution is 0.102. The molecule has 0 unspecified atom stereocenters. The number of carbonyl (C=O) groups excluding carboxylic acids is 1. The molecule has 0 radical (unpaired) electrons. The van der Waals surface area contributed by atoms with E-state index in [9.17, 15) is 4.79 Å². The fraction of sp³-hybridized carbons (Fsp3) is 0.350. The number of halogens is 2. The molecule has 1 heterocycles. The van der Waals surface area contributed by atoms with Crippen molar-refractivity contribution < 1.29 is 9.53 Å². The van der Waals surface area contributed by atoms with E-state index in [-0.39, 0.29) is 30.7 Å². The summed E-state index contributed by atoms with van der Waals surface area (Å²) < 4.78 is 5.13. The Morgan fingerprint density at radius 2 is 1.71 bits per heavy atom. The van der Waals surface area contributed by atoms with Crippen molar-refractivity contribution in [3.05, 3.63) is 53.6 Å². The first kappa shape index (κ1) is 24.0. The van der Waals surface area contributed by atoms with Crippen molar-refractivity contribution in [3.63, 3.8) is 0 Å². The van der Waals surface area contributed by atoms with Crippen molar-refractivity contribution in [2.75, 3.05) is 51.4 Å². The average Bonchev–Trinajstić information content (AvgIpc) is 2.64. The van der Waals surface area contributed by atoms with Crippen LogP contribution in [-0.4, -0.2) is 56.0 Å². The highest BCUT2D eigenvalue weighted by Crippen LogP contribution is 2.24. The number of ether oxygens (including phenoxy) is 1. The maximum absolute atomic E-state index is 12.4. The number of benzene rings is 2. The summed E-state index contributed by atoms with van der Waals surface area (Å²) in [5.74, 6) is 0.442. The number of nitrogens with one attached hydrogen (secondary N) is 1. The minimum Gasteiger partial charge on any atom is -0.495 e. The number of hydrogen-bond donors (Lipinski definition) is 2. The van der Waals surface area contributed by atoms with Crippen LogP contribution < -0.4 is 15.8 Å². The molecule has 1 aliphatic heterocycles. The molecule has 3 rings (SSSR count). The molecule has 0 spiro atoms. The molecular formula is C20H28Cl2N4O2. The van der Waals surface area contributed by atoms with Crippen LogP contribution >= 0.6 is 24.8 Å². The van der Waals surface area contributed by atoms with Crippen molar-refractivity contribution >= 4 is 42.1 Å². The van der Waals surface area contributed by atoms with Gasteiger partial charge in [-0.05, 0) is 42.9 Å². The van der Waals surface area contributed by atoms with E-state index in [1.165, 1.54) is 5.56 Å². The van der Waals surface area contributed by atoms with E-state index in [1.807, 2.05) is 24.3 Å². The van der Waals surface area contributed by atoms with E-state index < -0.39 is 0 Å². The molecule has 28 heavy (non-hydrogen) atoms. The van der Waals surface area contributed by atoms with Gasteiger partial charge >= 0.3 is 0 Å². The van der Waals surface area contributed by atoms with Crippen LogP contribution in [-0.2, 0) is 6.54 Å². The third-order valence-corrected chi connectivity index (χ3v) is 4.71. The van der Waals surface area contributed by atoms with Gasteiger partial charge in [-0.15, -0.1) is 24.8 Å². The van der Waals surface area contributed by atoms with Gasteiger partial charge in [0.25, 0.3) is 5.91 Å². The van der Waals surface area contributed by atoms with Crippen LogP contribution in [0.2, 0.25) is 0 Å². The predicted octanol–water partition coefficient (Wildman–Crippen LogP) is 3.12. The predicted molar refractivity (Wildman–Crippen MR) is 119 cm³/mol. The van der Waals surface area contributed by atoms with E-state index in [2.05, 4.69) is 22.2 Å². The van der Waals surface area contributed by atoms with Gasteiger partial charge < -0.3 is 20.7 Å². The molecular weight excluding hydrogens is 399 g/mol. The zero-order valence-electron chi connectivity index (χ0n) is 16.2. The summed E-state index contributed by atoms with van der Waals surface area (Å²) in [6.45, 7) is 5.29. The number of likely N-dealkylation sites (N-methyl/N-ethyl adjacent to an activating group) is 1. The second kappa shape index (κ2) is 11.1. The van der Waals surface area contributed by atoms with Gasteiger partial charge in [-0.1, -0.05) is 12.1 Å². The molecule has 1 saturated heterocycles.